The fourth-order valence-electron chi connectivity index (χ4n) is 4.34. The van der Waals surface area contributed by atoms with Crippen molar-refractivity contribution in [3.8, 4) is 5.75 Å². The van der Waals surface area contributed by atoms with E-state index in [1.807, 2.05) is 78.6 Å². The van der Waals surface area contributed by atoms with Gasteiger partial charge in [-0.3, -0.25) is 9.59 Å². The molecule has 1 saturated heterocycles. The number of rotatable bonds is 5. The number of amides is 2. The van der Waals surface area contributed by atoms with E-state index in [2.05, 4.69) is 5.32 Å². The number of hydrogen-bond donors (Lipinski definition) is 1. The molecule has 1 aliphatic heterocycles. The van der Waals surface area contributed by atoms with Gasteiger partial charge in [0, 0.05) is 24.0 Å². The summed E-state index contributed by atoms with van der Waals surface area (Å²) >= 11 is 0. The van der Waals surface area contributed by atoms with Crippen LogP contribution in [0.25, 0.3) is 10.8 Å². The van der Waals surface area contributed by atoms with Crippen molar-refractivity contribution in [1.82, 2.24) is 10.2 Å². The quantitative estimate of drug-likeness (QED) is 0.662. The van der Waals surface area contributed by atoms with Crippen molar-refractivity contribution in [1.29, 1.82) is 0 Å². The first kappa shape index (κ1) is 20.9. The molecule has 5 heteroatoms. The summed E-state index contributed by atoms with van der Waals surface area (Å²) in [6.45, 7) is 3.09. The third-order valence-corrected chi connectivity index (χ3v) is 6.07. The largest absolute Gasteiger partial charge is 0.496 e. The molecule has 1 heterocycles. The lowest BCUT2D eigenvalue weighted by Crippen LogP contribution is -2.45. The molecule has 31 heavy (non-hydrogen) atoms. The van der Waals surface area contributed by atoms with Crippen LogP contribution >= 0.6 is 0 Å². The Labute approximate surface area is 183 Å². The summed E-state index contributed by atoms with van der Waals surface area (Å²) in [7, 11) is 1.63. The van der Waals surface area contributed by atoms with Crippen molar-refractivity contribution in [2.24, 2.45) is 5.92 Å². The van der Waals surface area contributed by atoms with Gasteiger partial charge in [-0.25, -0.2) is 0 Å². The van der Waals surface area contributed by atoms with Crippen molar-refractivity contribution in [3.63, 3.8) is 0 Å². The maximum Gasteiger partial charge on any atom is 0.254 e. The summed E-state index contributed by atoms with van der Waals surface area (Å²) in [6, 6.07) is 21.3. The summed E-state index contributed by atoms with van der Waals surface area (Å²) in [5, 5.41) is 4.90. The maximum atomic E-state index is 13.4. The van der Waals surface area contributed by atoms with E-state index < -0.39 is 0 Å². The number of hydrogen-bond acceptors (Lipinski definition) is 3. The highest BCUT2D eigenvalue weighted by molar-refractivity contribution is 6.08. The van der Waals surface area contributed by atoms with Crippen LogP contribution in [0.3, 0.4) is 0 Å². The number of piperidine rings is 1. The average Bonchev–Trinajstić information content (AvgIpc) is 2.83. The number of likely N-dealkylation sites (tertiary alicyclic amines) is 1. The maximum absolute atomic E-state index is 13.4. The van der Waals surface area contributed by atoms with Crippen LogP contribution in [0.2, 0.25) is 0 Å². The molecular weight excluding hydrogens is 388 g/mol. The van der Waals surface area contributed by atoms with Crippen molar-refractivity contribution in [2.45, 2.75) is 25.8 Å². The lowest BCUT2D eigenvalue weighted by molar-refractivity contribution is -0.127. The van der Waals surface area contributed by atoms with E-state index in [9.17, 15) is 9.59 Å². The summed E-state index contributed by atoms with van der Waals surface area (Å²) in [4.78, 5) is 28.1. The van der Waals surface area contributed by atoms with Gasteiger partial charge in [0.15, 0.2) is 0 Å². The predicted octanol–water partition coefficient (Wildman–Crippen LogP) is 4.58. The second-order valence-corrected chi connectivity index (χ2v) is 8.09. The van der Waals surface area contributed by atoms with Crippen LogP contribution in [-0.4, -0.2) is 36.9 Å². The molecule has 160 valence electrons. The third-order valence-electron chi connectivity index (χ3n) is 6.07. The van der Waals surface area contributed by atoms with Gasteiger partial charge in [0.25, 0.3) is 5.91 Å². The smallest absolute Gasteiger partial charge is 0.254 e. The fraction of sp³-hybridized carbons (Fsp3) is 0.308. The van der Waals surface area contributed by atoms with Crippen molar-refractivity contribution >= 4 is 22.6 Å². The Morgan fingerprint density at radius 3 is 2.45 bits per heavy atom. The number of fused-ring (bicyclic) bond motifs is 1. The first-order valence-electron chi connectivity index (χ1n) is 10.8. The Kier molecular flexibility index (Phi) is 6.21. The molecule has 0 spiro atoms. The van der Waals surface area contributed by atoms with E-state index in [4.69, 9.17) is 4.74 Å². The van der Waals surface area contributed by atoms with Crippen LogP contribution in [-0.2, 0) is 4.79 Å². The van der Waals surface area contributed by atoms with Gasteiger partial charge in [0.1, 0.15) is 5.75 Å². The van der Waals surface area contributed by atoms with Crippen molar-refractivity contribution < 1.29 is 14.3 Å². The minimum atomic E-state index is -0.201. The lowest BCUT2D eigenvalue weighted by atomic mass is 9.95. The van der Waals surface area contributed by atoms with Crippen molar-refractivity contribution in [2.75, 3.05) is 20.2 Å². The van der Waals surface area contributed by atoms with E-state index >= 15 is 0 Å². The highest BCUT2D eigenvalue weighted by Crippen LogP contribution is 2.30. The van der Waals surface area contributed by atoms with Crippen LogP contribution in [0, 0.1) is 5.92 Å². The van der Waals surface area contributed by atoms with Crippen LogP contribution in [0.4, 0.5) is 0 Å². The van der Waals surface area contributed by atoms with Gasteiger partial charge in [-0.15, -0.1) is 0 Å². The molecule has 4 rings (SSSR count). The SMILES string of the molecule is COc1ccc(C(=O)N2CCCC(C(=O)NC(C)c3ccccc3)C2)c2ccccc12. The minimum absolute atomic E-state index is 0.00782. The second kappa shape index (κ2) is 9.21. The highest BCUT2D eigenvalue weighted by Gasteiger charge is 2.30. The van der Waals surface area contributed by atoms with Crippen LogP contribution in [0.1, 0.15) is 41.7 Å². The molecule has 1 N–H and O–H groups in total. The zero-order valence-electron chi connectivity index (χ0n) is 18.0. The zero-order chi connectivity index (χ0) is 21.8. The molecule has 1 aliphatic rings. The van der Waals surface area contributed by atoms with Gasteiger partial charge in [0.2, 0.25) is 5.91 Å². The van der Waals surface area contributed by atoms with Crippen LogP contribution in [0.15, 0.2) is 66.7 Å². The number of benzene rings is 3. The standard InChI is InChI=1S/C26H28N2O3/c1-18(19-9-4-3-5-10-19)27-25(29)20-11-8-16-28(17-20)26(30)23-14-15-24(31-2)22-13-7-6-12-21(22)23/h3-7,9-10,12-15,18,20H,8,11,16-17H2,1-2H3,(H,27,29). The molecule has 2 atom stereocenters. The number of ether oxygens (including phenoxy) is 1. The Balaban J connectivity index is 1.49. The number of methoxy groups -OCH3 is 1. The molecule has 5 nitrogen and oxygen atoms in total. The lowest BCUT2D eigenvalue weighted by Gasteiger charge is -2.33. The molecule has 2 amide bonds. The summed E-state index contributed by atoms with van der Waals surface area (Å²) in [5.41, 5.74) is 1.72. The third kappa shape index (κ3) is 4.41. The molecule has 3 aromatic carbocycles. The van der Waals surface area contributed by atoms with Gasteiger partial charge >= 0.3 is 0 Å². The predicted molar refractivity (Wildman–Crippen MR) is 122 cm³/mol. The topological polar surface area (TPSA) is 58.6 Å². The molecule has 1 fully saturated rings. The van der Waals surface area contributed by atoms with E-state index in [1.165, 1.54) is 0 Å². The Morgan fingerprint density at radius 1 is 1.00 bits per heavy atom. The summed E-state index contributed by atoms with van der Waals surface area (Å²) < 4.78 is 5.45. The van der Waals surface area contributed by atoms with E-state index in [-0.39, 0.29) is 23.8 Å². The first-order chi connectivity index (χ1) is 15.1. The molecule has 0 aliphatic carbocycles. The van der Waals surface area contributed by atoms with Crippen molar-refractivity contribution in [3.05, 3.63) is 77.9 Å². The molecular formula is C26H28N2O3. The van der Waals surface area contributed by atoms with Gasteiger partial charge < -0.3 is 15.0 Å². The average molecular weight is 417 g/mol. The zero-order valence-corrected chi connectivity index (χ0v) is 18.0. The Bertz CT molecular complexity index is 1080. The number of carbonyl (C=O) groups is 2. The molecule has 0 aromatic heterocycles. The second-order valence-electron chi connectivity index (χ2n) is 8.09. The fourth-order valence-corrected chi connectivity index (χ4v) is 4.34. The van der Waals surface area contributed by atoms with Crippen LogP contribution in [0.5, 0.6) is 5.75 Å². The van der Waals surface area contributed by atoms with E-state index in [0.717, 1.165) is 34.9 Å². The Morgan fingerprint density at radius 2 is 1.71 bits per heavy atom. The van der Waals surface area contributed by atoms with Gasteiger partial charge in [-0.05, 0) is 42.8 Å². The molecule has 2 unspecified atom stereocenters. The highest BCUT2D eigenvalue weighted by atomic mass is 16.5. The van der Waals surface area contributed by atoms with E-state index in [0.29, 0.717) is 18.7 Å². The van der Waals surface area contributed by atoms with Gasteiger partial charge in [-0.1, -0.05) is 54.6 Å². The Hall–Kier alpha value is -3.34. The van der Waals surface area contributed by atoms with Gasteiger partial charge in [0.05, 0.1) is 19.1 Å². The number of nitrogens with one attached hydrogen (secondary N) is 1. The minimum Gasteiger partial charge on any atom is -0.496 e. The van der Waals surface area contributed by atoms with Gasteiger partial charge in [-0.2, -0.15) is 0 Å². The normalized spacial score (nSPS) is 17.2. The summed E-state index contributed by atoms with van der Waals surface area (Å²) in [5.74, 6) is 0.521. The monoisotopic (exact) mass is 416 g/mol. The van der Waals surface area contributed by atoms with Crippen LogP contribution < -0.4 is 10.1 Å². The molecule has 0 saturated carbocycles. The first-order valence-corrected chi connectivity index (χ1v) is 10.8. The number of nitrogens with zero attached hydrogens (tertiary/aromatic N) is 1. The van der Waals surface area contributed by atoms with E-state index in [1.54, 1.807) is 7.11 Å². The molecule has 0 radical (unpaired) electrons. The number of carbonyl (C=O) groups excluding carboxylic acids is 2. The molecule has 0 bridgehead atoms. The summed E-state index contributed by atoms with van der Waals surface area (Å²) in [6.07, 6.45) is 1.61. The molecule has 3 aromatic rings.